The van der Waals surface area contributed by atoms with Gasteiger partial charge in [0, 0.05) is 38.9 Å². The van der Waals surface area contributed by atoms with Gasteiger partial charge in [-0.25, -0.2) is 14.6 Å². The van der Waals surface area contributed by atoms with Crippen LogP contribution in [0.2, 0.25) is 0 Å². The first kappa shape index (κ1) is 24.1. The number of aromatic nitrogens is 1. The minimum absolute atomic E-state index is 0.0100. The van der Waals surface area contributed by atoms with Gasteiger partial charge in [0.05, 0.1) is 6.04 Å². The van der Waals surface area contributed by atoms with Crippen molar-refractivity contribution in [2.75, 3.05) is 37.6 Å². The fourth-order valence-electron chi connectivity index (χ4n) is 4.04. The highest BCUT2D eigenvalue weighted by molar-refractivity contribution is 5.69. The average molecular weight is 447 g/mol. The van der Waals surface area contributed by atoms with Gasteiger partial charge in [0.25, 0.3) is 0 Å². The standard InChI is InChI=1S/C24H38N4O4/c1-23(2,3)31-21(29)27-15-13-26(14-16-27)20-11-10-18(17-25-20)19-9-7-8-12-28(19)22(30)32-24(4,5)6/h10-11,17,19H,7-9,12-16H2,1-6H3/t19-/m1/s1. The molecule has 1 atom stereocenters. The summed E-state index contributed by atoms with van der Waals surface area (Å²) in [4.78, 5) is 35.4. The number of hydrogen-bond donors (Lipinski definition) is 0. The number of nitrogens with zero attached hydrogens (tertiary/aromatic N) is 4. The average Bonchev–Trinajstić information content (AvgIpc) is 2.71. The first-order valence-corrected chi connectivity index (χ1v) is 11.6. The molecule has 0 N–H and O–H groups in total. The molecule has 0 radical (unpaired) electrons. The fraction of sp³-hybridized carbons (Fsp3) is 0.708. The Balaban J connectivity index is 1.61. The molecule has 0 saturated carbocycles. The lowest BCUT2D eigenvalue weighted by Crippen LogP contribution is -2.50. The van der Waals surface area contributed by atoms with Crippen molar-refractivity contribution in [2.45, 2.75) is 78.0 Å². The minimum Gasteiger partial charge on any atom is -0.444 e. The second-order valence-electron chi connectivity index (χ2n) is 10.6. The number of likely N-dealkylation sites (tertiary alicyclic amines) is 1. The van der Waals surface area contributed by atoms with Crippen LogP contribution < -0.4 is 4.90 Å². The highest BCUT2D eigenvalue weighted by atomic mass is 16.6. The molecule has 32 heavy (non-hydrogen) atoms. The molecule has 178 valence electrons. The summed E-state index contributed by atoms with van der Waals surface area (Å²) in [6, 6.07) is 4.07. The van der Waals surface area contributed by atoms with Crippen LogP contribution in [0.5, 0.6) is 0 Å². The Kier molecular flexibility index (Phi) is 7.20. The zero-order valence-corrected chi connectivity index (χ0v) is 20.4. The molecule has 2 aliphatic rings. The summed E-state index contributed by atoms with van der Waals surface area (Å²) in [6.07, 6.45) is 4.34. The van der Waals surface area contributed by atoms with Crippen molar-refractivity contribution >= 4 is 18.0 Å². The van der Waals surface area contributed by atoms with E-state index in [4.69, 9.17) is 9.47 Å². The molecule has 2 aliphatic heterocycles. The number of anilines is 1. The van der Waals surface area contributed by atoms with Crippen LogP contribution in [-0.4, -0.2) is 70.9 Å². The van der Waals surface area contributed by atoms with Crippen LogP contribution in [0.4, 0.5) is 15.4 Å². The largest absolute Gasteiger partial charge is 0.444 e. The molecule has 8 nitrogen and oxygen atoms in total. The SMILES string of the molecule is CC(C)(C)OC(=O)N1CCN(c2ccc([C@H]3CCCCN3C(=O)OC(C)(C)C)cn2)CC1. The van der Waals surface area contributed by atoms with Gasteiger partial charge in [-0.1, -0.05) is 6.07 Å². The Hall–Kier alpha value is -2.51. The van der Waals surface area contributed by atoms with E-state index in [-0.39, 0.29) is 18.2 Å². The molecule has 0 aliphatic carbocycles. The Morgan fingerprint density at radius 3 is 2.06 bits per heavy atom. The number of carbonyl (C=O) groups excluding carboxylic acids is 2. The summed E-state index contributed by atoms with van der Waals surface area (Å²) >= 11 is 0. The van der Waals surface area contributed by atoms with E-state index in [2.05, 4.69) is 16.0 Å². The highest BCUT2D eigenvalue weighted by Crippen LogP contribution is 2.32. The van der Waals surface area contributed by atoms with Crippen LogP contribution in [0.3, 0.4) is 0 Å². The van der Waals surface area contributed by atoms with E-state index < -0.39 is 11.2 Å². The van der Waals surface area contributed by atoms with Gasteiger partial charge in [-0.3, -0.25) is 0 Å². The van der Waals surface area contributed by atoms with Gasteiger partial charge in [0.15, 0.2) is 0 Å². The summed E-state index contributed by atoms with van der Waals surface area (Å²) in [5.74, 6) is 0.886. The molecular weight excluding hydrogens is 408 g/mol. The van der Waals surface area contributed by atoms with Crippen molar-refractivity contribution in [2.24, 2.45) is 0 Å². The van der Waals surface area contributed by atoms with Gasteiger partial charge in [-0.05, 0) is 72.4 Å². The first-order valence-electron chi connectivity index (χ1n) is 11.6. The summed E-state index contributed by atoms with van der Waals surface area (Å²) in [7, 11) is 0. The Morgan fingerprint density at radius 2 is 1.50 bits per heavy atom. The summed E-state index contributed by atoms with van der Waals surface area (Å²) < 4.78 is 11.1. The molecule has 1 aromatic rings. The lowest BCUT2D eigenvalue weighted by atomic mass is 9.97. The van der Waals surface area contributed by atoms with Crippen molar-refractivity contribution in [1.82, 2.24) is 14.8 Å². The summed E-state index contributed by atoms with van der Waals surface area (Å²) in [5.41, 5.74) is 0.0345. The molecule has 2 fully saturated rings. The molecule has 0 unspecified atom stereocenters. The van der Waals surface area contributed by atoms with Crippen LogP contribution in [0, 0.1) is 0 Å². The molecule has 2 saturated heterocycles. The maximum Gasteiger partial charge on any atom is 0.410 e. The van der Waals surface area contributed by atoms with E-state index in [9.17, 15) is 9.59 Å². The van der Waals surface area contributed by atoms with Gasteiger partial charge in [0.1, 0.15) is 17.0 Å². The number of carbonyl (C=O) groups is 2. The van der Waals surface area contributed by atoms with E-state index in [1.54, 1.807) is 4.90 Å². The van der Waals surface area contributed by atoms with Crippen LogP contribution in [0.15, 0.2) is 18.3 Å². The highest BCUT2D eigenvalue weighted by Gasteiger charge is 2.32. The second-order valence-corrected chi connectivity index (χ2v) is 10.6. The normalized spacial score (nSPS) is 20.2. The maximum atomic E-state index is 12.7. The molecule has 3 rings (SSSR count). The van der Waals surface area contributed by atoms with Crippen molar-refractivity contribution < 1.29 is 19.1 Å². The van der Waals surface area contributed by atoms with Crippen molar-refractivity contribution in [3.8, 4) is 0 Å². The van der Waals surface area contributed by atoms with Gasteiger partial charge in [-0.2, -0.15) is 0 Å². The lowest BCUT2D eigenvalue weighted by molar-refractivity contribution is 0.00939. The molecule has 2 amide bonds. The third kappa shape index (κ3) is 6.50. The van der Waals surface area contributed by atoms with Crippen molar-refractivity contribution in [1.29, 1.82) is 0 Å². The van der Waals surface area contributed by atoms with Gasteiger partial charge in [0.2, 0.25) is 0 Å². The van der Waals surface area contributed by atoms with Crippen LogP contribution in [0.1, 0.15) is 72.4 Å². The van der Waals surface area contributed by atoms with Crippen molar-refractivity contribution in [3.63, 3.8) is 0 Å². The lowest BCUT2D eigenvalue weighted by Gasteiger charge is -2.37. The number of amides is 2. The van der Waals surface area contributed by atoms with E-state index >= 15 is 0 Å². The van der Waals surface area contributed by atoms with Gasteiger partial charge in [-0.15, -0.1) is 0 Å². The zero-order chi connectivity index (χ0) is 23.5. The minimum atomic E-state index is -0.511. The number of ether oxygens (including phenoxy) is 2. The maximum absolute atomic E-state index is 12.7. The summed E-state index contributed by atoms with van der Waals surface area (Å²) in [6.45, 7) is 14.6. The van der Waals surface area contributed by atoms with Gasteiger partial charge >= 0.3 is 12.2 Å². The fourth-order valence-corrected chi connectivity index (χ4v) is 4.04. The number of pyridine rings is 1. The van der Waals surface area contributed by atoms with E-state index in [1.807, 2.05) is 58.7 Å². The number of hydrogen-bond acceptors (Lipinski definition) is 6. The van der Waals surface area contributed by atoms with Crippen LogP contribution >= 0.6 is 0 Å². The van der Waals surface area contributed by atoms with E-state index in [0.29, 0.717) is 32.7 Å². The third-order valence-electron chi connectivity index (χ3n) is 5.54. The van der Waals surface area contributed by atoms with Crippen LogP contribution in [-0.2, 0) is 9.47 Å². The smallest absolute Gasteiger partial charge is 0.410 e. The number of piperazine rings is 1. The Bertz CT molecular complexity index is 790. The number of piperidine rings is 1. The molecule has 0 aromatic carbocycles. The predicted molar refractivity (Wildman–Crippen MR) is 124 cm³/mol. The molecule has 3 heterocycles. The molecule has 8 heteroatoms. The second kappa shape index (κ2) is 9.55. The molecular formula is C24H38N4O4. The monoisotopic (exact) mass is 446 g/mol. The third-order valence-corrected chi connectivity index (χ3v) is 5.54. The molecule has 0 spiro atoms. The first-order chi connectivity index (χ1) is 14.9. The Labute approximate surface area is 191 Å². The molecule has 0 bridgehead atoms. The van der Waals surface area contributed by atoms with E-state index in [0.717, 1.165) is 30.6 Å². The van der Waals surface area contributed by atoms with E-state index in [1.165, 1.54) is 0 Å². The Morgan fingerprint density at radius 1 is 0.875 bits per heavy atom. The molecule has 1 aromatic heterocycles. The topological polar surface area (TPSA) is 75.2 Å². The van der Waals surface area contributed by atoms with Crippen LogP contribution in [0.25, 0.3) is 0 Å². The predicted octanol–water partition coefficient (Wildman–Crippen LogP) is 4.60. The van der Waals surface area contributed by atoms with Gasteiger partial charge < -0.3 is 24.2 Å². The zero-order valence-electron chi connectivity index (χ0n) is 20.4. The number of rotatable bonds is 2. The quantitative estimate of drug-likeness (QED) is 0.661. The summed E-state index contributed by atoms with van der Waals surface area (Å²) in [5, 5.41) is 0. The van der Waals surface area contributed by atoms with Crippen molar-refractivity contribution in [3.05, 3.63) is 23.9 Å².